The van der Waals surface area contributed by atoms with E-state index in [9.17, 15) is 13.6 Å². The van der Waals surface area contributed by atoms with E-state index in [0.717, 1.165) is 31.5 Å². The molecule has 1 aromatic carbocycles. The van der Waals surface area contributed by atoms with Crippen LogP contribution < -0.4 is 4.90 Å². The van der Waals surface area contributed by atoms with Crippen molar-refractivity contribution in [3.05, 3.63) is 29.8 Å². The van der Waals surface area contributed by atoms with E-state index in [0.29, 0.717) is 13.1 Å². The number of carboxylic acid groups (broad SMARTS) is 1. The number of anilines is 1. The molecule has 0 amide bonds. The molecule has 2 aliphatic rings. The molecule has 0 bridgehead atoms. The molecular weight excluding hydrogens is 338 g/mol. The zero-order valence-electron chi connectivity index (χ0n) is 13.5. The van der Waals surface area contributed by atoms with E-state index in [2.05, 4.69) is 9.80 Å². The quantitative estimate of drug-likeness (QED) is 0.889. The van der Waals surface area contributed by atoms with Gasteiger partial charge in [-0.15, -0.1) is 12.4 Å². The Morgan fingerprint density at radius 1 is 1.08 bits per heavy atom. The molecule has 1 atom stereocenters. The van der Waals surface area contributed by atoms with Crippen LogP contribution >= 0.6 is 12.4 Å². The number of benzene rings is 1. The van der Waals surface area contributed by atoms with Crippen LogP contribution in [0.5, 0.6) is 0 Å². The van der Waals surface area contributed by atoms with Crippen LogP contribution in [0.3, 0.4) is 0 Å². The molecule has 7 heteroatoms. The number of alkyl halides is 2. The Bertz CT molecular complexity index is 558. The van der Waals surface area contributed by atoms with Gasteiger partial charge in [0, 0.05) is 38.2 Å². The highest BCUT2D eigenvalue weighted by atomic mass is 35.5. The molecule has 2 fully saturated rings. The molecule has 1 aromatic rings. The Balaban J connectivity index is 0.00000208. The van der Waals surface area contributed by atoms with Crippen LogP contribution in [0.1, 0.15) is 42.5 Å². The SMILES string of the molecule is Cl.O=C(O)c1ccc(N2CCCCC2N2CCC(F)(F)CC2)cc1. The first-order valence-corrected chi connectivity index (χ1v) is 8.18. The minimum atomic E-state index is -2.53. The normalized spacial score (nSPS) is 24.2. The van der Waals surface area contributed by atoms with E-state index >= 15 is 0 Å². The minimum absolute atomic E-state index is 0. The summed E-state index contributed by atoms with van der Waals surface area (Å²) in [6.45, 7) is 1.72. The van der Waals surface area contributed by atoms with Crippen LogP contribution in [0.4, 0.5) is 14.5 Å². The molecule has 0 spiro atoms. The standard InChI is InChI=1S/C17H22F2N2O2.ClH/c18-17(19)8-11-20(12-9-17)15-3-1-2-10-21(15)14-6-4-13(5-7-14)16(22)23;/h4-7,15H,1-3,8-12H2,(H,22,23);1H. The van der Waals surface area contributed by atoms with E-state index in [-0.39, 0.29) is 37.0 Å². The van der Waals surface area contributed by atoms with Crippen molar-refractivity contribution >= 4 is 24.1 Å². The first kappa shape index (κ1) is 18.9. The fraction of sp³-hybridized carbons (Fsp3) is 0.588. The van der Waals surface area contributed by atoms with E-state index < -0.39 is 11.9 Å². The topological polar surface area (TPSA) is 43.8 Å². The van der Waals surface area contributed by atoms with E-state index in [1.165, 1.54) is 0 Å². The summed E-state index contributed by atoms with van der Waals surface area (Å²) in [6.07, 6.45) is 3.12. The number of nitrogens with zero attached hydrogens (tertiary/aromatic N) is 2. The Labute approximate surface area is 146 Å². The van der Waals surface area contributed by atoms with Crippen LogP contribution in [0.2, 0.25) is 0 Å². The molecule has 2 saturated heterocycles. The second kappa shape index (κ2) is 7.66. The molecular formula is C17H23ClF2N2O2. The van der Waals surface area contributed by atoms with Crippen LogP contribution in [0.25, 0.3) is 0 Å². The molecule has 0 aromatic heterocycles. The summed E-state index contributed by atoms with van der Waals surface area (Å²) in [4.78, 5) is 15.4. The van der Waals surface area contributed by atoms with Gasteiger partial charge in [-0.3, -0.25) is 4.90 Å². The van der Waals surface area contributed by atoms with Gasteiger partial charge in [-0.05, 0) is 43.5 Å². The molecule has 0 aliphatic carbocycles. The fourth-order valence-corrected chi connectivity index (χ4v) is 3.54. The Morgan fingerprint density at radius 2 is 1.71 bits per heavy atom. The molecule has 24 heavy (non-hydrogen) atoms. The fourth-order valence-electron chi connectivity index (χ4n) is 3.54. The summed E-state index contributed by atoms with van der Waals surface area (Å²) in [5.41, 5.74) is 1.23. The maximum atomic E-state index is 13.4. The highest BCUT2D eigenvalue weighted by molar-refractivity contribution is 5.88. The number of halogens is 3. The largest absolute Gasteiger partial charge is 0.478 e. The van der Waals surface area contributed by atoms with Gasteiger partial charge in [-0.25, -0.2) is 13.6 Å². The lowest BCUT2D eigenvalue weighted by Gasteiger charge is -2.46. The van der Waals surface area contributed by atoms with Gasteiger partial charge in [0.05, 0.1) is 11.7 Å². The van der Waals surface area contributed by atoms with Crippen molar-refractivity contribution in [2.24, 2.45) is 0 Å². The van der Waals surface area contributed by atoms with Crippen LogP contribution in [-0.4, -0.2) is 47.7 Å². The summed E-state index contributed by atoms with van der Waals surface area (Å²) >= 11 is 0. The molecule has 1 unspecified atom stereocenters. The Morgan fingerprint density at radius 3 is 2.29 bits per heavy atom. The maximum Gasteiger partial charge on any atom is 0.335 e. The lowest BCUT2D eigenvalue weighted by molar-refractivity contribution is -0.0648. The average molecular weight is 361 g/mol. The van der Waals surface area contributed by atoms with E-state index in [1.54, 1.807) is 12.1 Å². The second-order valence-corrected chi connectivity index (χ2v) is 6.41. The highest BCUT2D eigenvalue weighted by Gasteiger charge is 2.38. The lowest BCUT2D eigenvalue weighted by atomic mass is 10.0. The van der Waals surface area contributed by atoms with Crippen molar-refractivity contribution in [2.75, 3.05) is 24.5 Å². The van der Waals surface area contributed by atoms with Crippen LogP contribution in [0.15, 0.2) is 24.3 Å². The molecule has 2 aliphatic heterocycles. The second-order valence-electron chi connectivity index (χ2n) is 6.41. The summed E-state index contributed by atoms with van der Waals surface area (Å²) < 4.78 is 26.8. The summed E-state index contributed by atoms with van der Waals surface area (Å²) in [7, 11) is 0. The lowest BCUT2D eigenvalue weighted by Crippen LogP contribution is -2.54. The van der Waals surface area contributed by atoms with Gasteiger partial charge in [0.15, 0.2) is 0 Å². The van der Waals surface area contributed by atoms with Gasteiger partial charge < -0.3 is 10.0 Å². The molecule has 2 heterocycles. The van der Waals surface area contributed by atoms with Gasteiger partial charge >= 0.3 is 5.97 Å². The number of hydrogen-bond acceptors (Lipinski definition) is 3. The summed E-state index contributed by atoms with van der Waals surface area (Å²) in [6, 6.07) is 6.85. The van der Waals surface area contributed by atoms with Crippen molar-refractivity contribution in [1.82, 2.24) is 4.90 Å². The number of piperidine rings is 2. The molecule has 3 rings (SSSR count). The zero-order valence-corrected chi connectivity index (χ0v) is 14.3. The average Bonchev–Trinajstić information content (AvgIpc) is 2.55. The van der Waals surface area contributed by atoms with Gasteiger partial charge in [0.2, 0.25) is 0 Å². The third-order valence-electron chi connectivity index (χ3n) is 4.87. The van der Waals surface area contributed by atoms with E-state index in [1.807, 2.05) is 12.1 Å². The number of aromatic carboxylic acids is 1. The molecule has 0 saturated carbocycles. The summed E-state index contributed by atoms with van der Waals surface area (Å²) in [5, 5.41) is 9.00. The van der Waals surface area contributed by atoms with Crippen molar-refractivity contribution in [3.63, 3.8) is 0 Å². The third-order valence-corrected chi connectivity index (χ3v) is 4.87. The maximum absolute atomic E-state index is 13.4. The smallest absolute Gasteiger partial charge is 0.335 e. The number of likely N-dealkylation sites (tertiary alicyclic amines) is 1. The monoisotopic (exact) mass is 360 g/mol. The predicted molar refractivity (Wildman–Crippen MR) is 91.4 cm³/mol. The van der Waals surface area contributed by atoms with Crippen molar-refractivity contribution in [2.45, 2.75) is 44.2 Å². The third kappa shape index (κ3) is 4.16. The van der Waals surface area contributed by atoms with Gasteiger partial charge in [-0.1, -0.05) is 0 Å². The van der Waals surface area contributed by atoms with E-state index in [4.69, 9.17) is 5.11 Å². The number of hydrogen-bond donors (Lipinski definition) is 1. The van der Waals surface area contributed by atoms with Crippen molar-refractivity contribution in [1.29, 1.82) is 0 Å². The van der Waals surface area contributed by atoms with Crippen molar-refractivity contribution < 1.29 is 18.7 Å². The van der Waals surface area contributed by atoms with Crippen LogP contribution in [-0.2, 0) is 0 Å². The Hall–Kier alpha value is -1.40. The van der Waals surface area contributed by atoms with Gasteiger partial charge in [-0.2, -0.15) is 0 Å². The zero-order chi connectivity index (χ0) is 16.4. The molecule has 0 radical (unpaired) electrons. The molecule has 4 nitrogen and oxygen atoms in total. The number of carbonyl (C=O) groups is 1. The van der Waals surface area contributed by atoms with Gasteiger partial charge in [0.1, 0.15) is 0 Å². The molecule has 1 N–H and O–H groups in total. The summed E-state index contributed by atoms with van der Waals surface area (Å²) in [5.74, 6) is -3.47. The minimum Gasteiger partial charge on any atom is -0.478 e. The number of carboxylic acids is 1. The Kier molecular flexibility index (Phi) is 6.04. The predicted octanol–water partition coefficient (Wildman–Crippen LogP) is 3.85. The first-order valence-electron chi connectivity index (χ1n) is 8.18. The highest BCUT2D eigenvalue weighted by Crippen LogP contribution is 2.33. The van der Waals surface area contributed by atoms with Gasteiger partial charge in [0.25, 0.3) is 5.92 Å². The van der Waals surface area contributed by atoms with Crippen LogP contribution in [0, 0.1) is 0 Å². The molecule has 134 valence electrons. The number of rotatable bonds is 3. The van der Waals surface area contributed by atoms with Crippen molar-refractivity contribution in [3.8, 4) is 0 Å². The first-order chi connectivity index (χ1) is 11.0.